The zero-order chi connectivity index (χ0) is 10.7. The van der Waals surface area contributed by atoms with Crippen LogP contribution in [0.3, 0.4) is 0 Å². The molecular weight excluding hydrogens is 180 g/mol. The lowest BCUT2D eigenvalue weighted by Gasteiger charge is -2.12. The monoisotopic (exact) mass is 199 g/mol. The molecule has 0 heteroatoms. The molecule has 1 fully saturated rings. The normalized spacial score (nSPS) is 17.2. The second kappa shape index (κ2) is 4.65. The predicted octanol–water partition coefficient (Wildman–Crippen LogP) is 4.47. The molecule has 0 aliphatic heterocycles. The van der Waals surface area contributed by atoms with Gasteiger partial charge in [-0.1, -0.05) is 50.1 Å². The minimum absolute atomic E-state index is 0.808. The molecule has 0 N–H and O–H groups in total. The molecule has 15 heavy (non-hydrogen) atoms. The third-order valence-electron chi connectivity index (χ3n) is 3.47. The zero-order valence-electron chi connectivity index (χ0n) is 9.50. The summed E-state index contributed by atoms with van der Waals surface area (Å²) in [6, 6.07) is 8.97. The van der Waals surface area contributed by atoms with Crippen molar-refractivity contribution < 1.29 is 0 Å². The van der Waals surface area contributed by atoms with Crippen molar-refractivity contribution in [3.8, 4) is 0 Å². The van der Waals surface area contributed by atoms with Crippen LogP contribution in [0.15, 0.2) is 36.9 Å². The van der Waals surface area contributed by atoms with Gasteiger partial charge >= 0.3 is 0 Å². The molecule has 79 valence electrons. The molecule has 0 heterocycles. The van der Waals surface area contributed by atoms with Crippen molar-refractivity contribution in [2.45, 2.75) is 38.5 Å². The van der Waals surface area contributed by atoms with Gasteiger partial charge in [0.1, 0.15) is 0 Å². The molecule has 0 aromatic heterocycles. The highest BCUT2D eigenvalue weighted by atomic mass is 14.2. The van der Waals surface area contributed by atoms with Crippen LogP contribution >= 0.6 is 0 Å². The van der Waals surface area contributed by atoms with Crippen molar-refractivity contribution >= 4 is 0 Å². The standard InChI is InChI=1S/C15H19/c1-3-12(2)14-9-6-10-15(11-14)13-7-4-5-8-13/h3,6,9-11,13H,1,4-5,7-8H2,2H3. The van der Waals surface area contributed by atoms with E-state index in [1.807, 2.05) is 6.08 Å². The van der Waals surface area contributed by atoms with E-state index in [2.05, 4.69) is 37.8 Å². The fourth-order valence-corrected chi connectivity index (χ4v) is 2.41. The van der Waals surface area contributed by atoms with E-state index in [0.29, 0.717) is 0 Å². The molecule has 1 aromatic carbocycles. The maximum absolute atomic E-state index is 3.83. The largest absolute Gasteiger partial charge is 0.102 e. The molecule has 0 nitrogen and oxygen atoms in total. The van der Waals surface area contributed by atoms with E-state index in [9.17, 15) is 0 Å². The fourth-order valence-electron chi connectivity index (χ4n) is 2.41. The fraction of sp³-hybridized carbons (Fsp3) is 0.400. The number of hydrogen-bond acceptors (Lipinski definition) is 0. The summed E-state index contributed by atoms with van der Waals surface area (Å²) in [5, 5.41) is 0. The van der Waals surface area contributed by atoms with Crippen LogP contribution in [-0.4, -0.2) is 0 Å². The molecule has 2 rings (SSSR count). The van der Waals surface area contributed by atoms with Gasteiger partial charge in [-0.25, -0.2) is 0 Å². The van der Waals surface area contributed by atoms with Gasteiger partial charge in [-0.2, -0.15) is 0 Å². The van der Waals surface area contributed by atoms with Gasteiger partial charge in [-0.3, -0.25) is 0 Å². The molecule has 0 unspecified atom stereocenters. The van der Waals surface area contributed by atoms with Crippen LogP contribution in [0.4, 0.5) is 0 Å². The van der Waals surface area contributed by atoms with Crippen LogP contribution in [0.5, 0.6) is 0 Å². The van der Waals surface area contributed by atoms with E-state index in [-0.39, 0.29) is 0 Å². The van der Waals surface area contributed by atoms with Crippen LogP contribution in [-0.2, 0) is 0 Å². The molecule has 0 amide bonds. The molecule has 1 aliphatic rings. The maximum Gasteiger partial charge on any atom is 0.0230 e. The highest BCUT2D eigenvalue weighted by Gasteiger charge is 2.17. The first-order valence-corrected chi connectivity index (χ1v) is 5.87. The van der Waals surface area contributed by atoms with Gasteiger partial charge < -0.3 is 0 Å². The van der Waals surface area contributed by atoms with Crippen molar-refractivity contribution in [3.05, 3.63) is 54.0 Å². The van der Waals surface area contributed by atoms with Crippen molar-refractivity contribution in [3.63, 3.8) is 0 Å². The Hall–Kier alpha value is -1.04. The topological polar surface area (TPSA) is 0 Å². The van der Waals surface area contributed by atoms with E-state index in [0.717, 1.165) is 5.92 Å². The highest BCUT2D eigenvalue weighted by Crippen LogP contribution is 2.34. The maximum atomic E-state index is 3.83. The Labute approximate surface area is 93.0 Å². The molecule has 1 radical (unpaired) electrons. The van der Waals surface area contributed by atoms with Gasteiger partial charge in [0.2, 0.25) is 0 Å². The Kier molecular flexibility index (Phi) is 3.25. The van der Waals surface area contributed by atoms with E-state index in [1.54, 1.807) is 0 Å². The number of allylic oxidation sites excluding steroid dienone is 1. The molecule has 0 atom stereocenters. The predicted molar refractivity (Wildman–Crippen MR) is 65.9 cm³/mol. The number of rotatable bonds is 3. The van der Waals surface area contributed by atoms with Crippen molar-refractivity contribution in [1.82, 2.24) is 0 Å². The lowest BCUT2D eigenvalue weighted by Crippen LogP contribution is -1.96. The van der Waals surface area contributed by atoms with Crippen LogP contribution in [0.1, 0.15) is 49.7 Å². The van der Waals surface area contributed by atoms with Gasteiger partial charge in [0.15, 0.2) is 0 Å². The van der Waals surface area contributed by atoms with Crippen LogP contribution < -0.4 is 0 Å². The van der Waals surface area contributed by atoms with Crippen molar-refractivity contribution in [2.24, 2.45) is 0 Å². The lowest BCUT2D eigenvalue weighted by atomic mass is 9.92. The summed E-state index contributed by atoms with van der Waals surface area (Å²) < 4.78 is 0. The summed E-state index contributed by atoms with van der Waals surface area (Å²) in [5.41, 5.74) is 2.85. The summed E-state index contributed by atoms with van der Waals surface area (Å²) in [6.07, 6.45) is 7.49. The molecule has 0 bridgehead atoms. The minimum Gasteiger partial charge on any atom is -0.102 e. The molecule has 0 spiro atoms. The van der Waals surface area contributed by atoms with Gasteiger partial charge in [0, 0.05) is 5.92 Å². The van der Waals surface area contributed by atoms with Gasteiger partial charge in [0.05, 0.1) is 0 Å². The van der Waals surface area contributed by atoms with Crippen LogP contribution in [0.2, 0.25) is 0 Å². The van der Waals surface area contributed by atoms with Gasteiger partial charge in [-0.15, -0.1) is 6.58 Å². The Morgan fingerprint density at radius 2 is 2.07 bits per heavy atom. The van der Waals surface area contributed by atoms with Gasteiger partial charge in [0.25, 0.3) is 0 Å². The summed E-state index contributed by atoms with van der Waals surface area (Å²) in [5.74, 6) is 2.08. The third-order valence-corrected chi connectivity index (χ3v) is 3.47. The smallest absolute Gasteiger partial charge is 0.0230 e. The van der Waals surface area contributed by atoms with E-state index in [4.69, 9.17) is 0 Å². The van der Waals surface area contributed by atoms with Crippen LogP contribution in [0.25, 0.3) is 0 Å². The first-order chi connectivity index (χ1) is 7.31. The number of hydrogen-bond donors (Lipinski definition) is 0. The van der Waals surface area contributed by atoms with E-state index >= 15 is 0 Å². The Morgan fingerprint density at radius 1 is 1.33 bits per heavy atom. The SMILES string of the molecule is C=C[C](C)c1cccc(C2CCCC2)c1. The average molecular weight is 199 g/mol. The molecule has 1 aromatic rings. The van der Waals surface area contributed by atoms with Crippen LogP contribution in [0, 0.1) is 5.92 Å². The average Bonchev–Trinajstić information content (AvgIpc) is 2.82. The first-order valence-electron chi connectivity index (χ1n) is 5.87. The van der Waals surface area contributed by atoms with Gasteiger partial charge in [-0.05, 0) is 29.9 Å². The highest BCUT2D eigenvalue weighted by molar-refractivity contribution is 5.38. The lowest BCUT2D eigenvalue weighted by molar-refractivity contribution is 0.722. The summed E-state index contributed by atoms with van der Waals surface area (Å²) in [7, 11) is 0. The summed E-state index contributed by atoms with van der Waals surface area (Å²) in [6.45, 7) is 5.95. The van der Waals surface area contributed by atoms with E-state index in [1.165, 1.54) is 42.7 Å². The van der Waals surface area contributed by atoms with E-state index < -0.39 is 0 Å². The molecule has 1 aliphatic carbocycles. The van der Waals surface area contributed by atoms with Crippen molar-refractivity contribution in [1.29, 1.82) is 0 Å². The Morgan fingerprint density at radius 3 is 2.73 bits per heavy atom. The minimum atomic E-state index is 0.808. The second-order valence-corrected chi connectivity index (χ2v) is 4.49. The van der Waals surface area contributed by atoms with Crippen molar-refractivity contribution in [2.75, 3.05) is 0 Å². The number of benzene rings is 1. The summed E-state index contributed by atoms with van der Waals surface area (Å²) in [4.78, 5) is 0. The second-order valence-electron chi connectivity index (χ2n) is 4.49. The Bertz CT molecular complexity index is 332. The quantitative estimate of drug-likeness (QED) is 0.673. The molecule has 1 saturated carbocycles. The summed E-state index contributed by atoms with van der Waals surface area (Å²) >= 11 is 0. The molecule has 0 saturated heterocycles. The zero-order valence-corrected chi connectivity index (χ0v) is 9.50. The Balaban J connectivity index is 2.21. The third kappa shape index (κ3) is 2.31. The first kappa shape index (κ1) is 10.5. The molecular formula is C15H19.